The summed E-state index contributed by atoms with van der Waals surface area (Å²) in [4.78, 5) is 0. The van der Waals surface area contributed by atoms with Gasteiger partial charge in [0.05, 0.1) is 5.52 Å². The van der Waals surface area contributed by atoms with Gasteiger partial charge < -0.3 is 4.57 Å². The van der Waals surface area contributed by atoms with E-state index in [4.69, 9.17) is 0 Å². The number of rotatable bonds is 0. The summed E-state index contributed by atoms with van der Waals surface area (Å²) in [6, 6.07) is 26.6. The number of para-hydroxylation sites is 1. The van der Waals surface area contributed by atoms with Gasteiger partial charge in [-0.3, -0.25) is 0 Å². The molecule has 0 N–H and O–H groups in total. The molecule has 1 heteroatoms. The molecule has 1 aliphatic carbocycles. The average Bonchev–Trinajstić information content (AvgIpc) is 3.19. The summed E-state index contributed by atoms with van der Waals surface area (Å²) < 4.78 is 2.37. The molecule has 0 unspecified atom stereocenters. The first-order chi connectivity index (χ1) is 12.3. The maximum absolute atomic E-state index is 2.37. The lowest BCUT2D eigenvalue weighted by Crippen LogP contribution is -1.91. The minimum absolute atomic E-state index is 1.03. The third-order valence-electron chi connectivity index (χ3n) is 5.82. The minimum atomic E-state index is 1.03. The summed E-state index contributed by atoms with van der Waals surface area (Å²) >= 11 is 0. The molecule has 0 fully saturated rings. The lowest BCUT2D eigenvalue weighted by molar-refractivity contribution is 1.02. The molecule has 1 aliphatic rings. The highest BCUT2D eigenvalue weighted by Gasteiger charge is 2.26. The molecule has 25 heavy (non-hydrogen) atoms. The highest BCUT2D eigenvalue weighted by atomic mass is 14.9. The van der Waals surface area contributed by atoms with Crippen molar-refractivity contribution in [3.8, 4) is 11.1 Å². The van der Waals surface area contributed by atoms with Gasteiger partial charge in [-0.1, -0.05) is 66.7 Å². The lowest BCUT2D eigenvalue weighted by atomic mass is 9.93. The Labute approximate surface area is 146 Å². The smallest absolute Gasteiger partial charge is 0.0571 e. The van der Waals surface area contributed by atoms with Crippen molar-refractivity contribution in [2.24, 2.45) is 7.05 Å². The number of aromatic nitrogens is 1. The second-order valence-electron chi connectivity index (χ2n) is 7.03. The van der Waals surface area contributed by atoms with Gasteiger partial charge in [0.15, 0.2) is 0 Å². The van der Waals surface area contributed by atoms with Gasteiger partial charge in [0.2, 0.25) is 0 Å². The van der Waals surface area contributed by atoms with E-state index < -0.39 is 0 Å². The van der Waals surface area contributed by atoms with Gasteiger partial charge >= 0.3 is 0 Å². The molecular weight excluding hydrogens is 302 g/mol. The molecular formula is C24H17N. The topological polar surface area (TPSA) is 4.93 Å². The Morgan fingerprint density at radius 1 is 0.720 bits per heavy atom. The number of nitrogens with zero attached hydrogens (tertiary/aromatic N) is 1. The summed E-state index contributed by atoms with van der Waals surface area (Å²) in [7, 11) is 2.20. The van der Waals surface area contributed by atoms with Gasteiger partial charge in [-0.25, -0.2) is 0 Å². The summed E-state index contributed by atoms with van der Waals surface area (Å²) in [5.74, 6) is 0. The SMILES string of the molecule is Cn1c2ccccc2c2c3c(c4ccccc4c21)-c1ccccc1C3. The van der Waals surface area contributed by atoms with E-state index in [1.165, 1.54) is 54.8 Å². The molecule has 0 bridgehead atoms. The molecule has 118 valence electrons. The summed E-state index contributed by atoms with van der Waals surface area (Å²) in [6.45, 7) is 0. The first-order valence-electron chi connectivity index (χ1n) is 8.83. The predicted molar refractivity (Wildman–Crippen MR) is 106 cm³/mol. The minimum Gasteiger partial charge on any atom is -0.343 e. The molecule has 0 aliphatic heterocycles. The van der Waals surface area contributed by atoms with E-state index in [1.807, 2.05) is 0 Å². The number of hydrogen-bond acceptors (Lipinski definition) is 0. The van der Waals surface area contributed by atoms with E-state index in [9.17, 15) is 0 Å². The van der Waals surface area contributed by atoms with E-state index in [2.05, 4.69) is 84.4 Å². The summed E-state index contributed by atoms with van der Waals surface area (Å²) in [6.07, 6.45) is 1.03. The van der Waals surface area contributed by atoms with Crippen LogP contribution in [0.4, 0.5) is 0 Å². The Bertz CT molecular complexity index is 1320. The van der Waals surface area contributed by atoms with Crippen LogP contribution in [-0.2, 0) is 13.5 Å². The van der Waals surface area contributed by atoms with Crippen LogP contribution in [0.1, 0.15) is 11.1 Å². The summed E-state index contributed by atoms with van der Waals surface area (Å²) in [5.41, 5.74) is 8.46. The van der Waals surface area contributed by atoms with Crippen molar-refractivity contribution in [2.45, 2.75) is 6.42 Å². The van der Waals surface area contributed by atoms with Gasteiger partial charge in [-0.15, -0.1) is 0 Å². The van der Waals surface area contributed by atoms with Crippen LogP contribution < -0.4 is 0 Å². The standard InChI is InChI=1S/C24H17N/c1-25-21-13-7-6-12-19(21)23-20-14-15-8-2-3-9-16(15)22(20)17-10-4-5-11-18(17)24(23)25/h2-13H,14H2,1H3. The van der Waals surface area contributed by atoms with Gasteiger partial charge in [0, 0.05) is 28.7 Å². The van der Waals surface area contributed by atoms with Gasteiger partial charge in [0.25, 0.3) is 0 Å². The largest absolute Gasteiger partial charge is 0.343 e. The van der Waals surface area contributed by atoms with Crippen molar-refractivity contribution < 1.29 is 0 Å². The van der Waals surface area contributed by atoms with E-state index in [-0.39, 0.29) is 0 Å². The van der Waals surface area contributed by atoms with E-state index in [0.29, 0.717) is 0 Å². The number of benzene rings is 4. The molecule has 1 nitrogen and oxygen atoms in total. The molecule has 5 aromatic rings. The van der Waals surface area contributed by atoms with E-state index >= 15 is 0 Å². The Hall–Kier alpha value is -3.06. The molecule has 0 amide bonds. The van der Waals surface area contributed by atoms with Crippen LogP contribution in [0.2, 0.25) is 0 Å². The fourth-order valence-corrected chi connectivity index (χ4v) is 4.80. The van der Waals surface area contributed by atoms with Crippen molar-refractivity contribution >= 4 is 32.6 Å². The van der Waals surface area contributed by atoms with Crippen LogP contribution in [0.3, 0.4) is 0 Å². The molecule has 0 saturated heterocycles. The van der Waals surface area contributed by atoms with Crippen molar-refractivity contribution in [3.05, 3.63) is 83.9 Å². The maximum atomic E-state index is 2.37. The lowest BCUT2D eigenvalue weighted by Gasteiger charge is -2.11. The molecule has 1 aromatic heterocycles. The zero-order valence-corrected chi connectivity index (χ0v) is 14.1. The fourth-order valence-electron chi connectivity index (χ4n) is 4.80. The Kier molecular flexibility index (Phi) is 2.39. The van der Waals surface area contributed by atoms with E-state index in [1.54, 1.807) is 0 Å². The van der Waals surface area contributed by atoms with Crippen molar-refractivity contribution in [1.82, 2.24) is 4.57 Å². The first-order valence-corrected chi connectivity index (χ1v) is 8.83. The molecule has 6 rings (SSSR count). The zero-order valence-electron chi connectivity index (χ0n) is 14.1. The molecule has 0 saturated carbocycles. The van der Waals surface area contributed by atoms with Crippen LogP contribution in [0.25, 0.3) is 43.7 Å². The van der Waals surface area contributed by atoms with Crippen LogP contribution in [0, 0.1) is 0 Å². The van der Waals surface area contributed by atoms with Gasteiger partial charge in [0.1, 0.15) is 0 Å². The van der Waals surface area contributed by atoms with Gasteiger partial charge in [-0.05, 0) is 40.1 Å². The number of aryl methyl sites for hydroxylation is 1. The Morgan fingerprint density at radius 3 is 2.28 bits per heavy atom. The molecule has 4 aromatic carbocycles. The maximum Gasteiger partial charge on any atom is 0.0571 e. The third kappa shape index (κ3) is 1.54. The van der Waals surface area contributed by atoms with Crippen LogP contribution in [0.15, 0.2) is 72.8 Å². The highest BCUT2D eigenvalue weighted by Crippen LogP contribution is 2.48. The van der Waals surface area contributed by atoms with Crippen LogP contribution in [0.5, 0.6) is 0 Å². The molecule has 0 atom stereocenters. The normalized spacial score (nSPS) is 12.8. The van der Waals surface area contributed by atoms with Crippen LogP contribution in [-0.4, -0.2) is 4.57 Å². The van der Waals surface area contributed by atoms with Crippen LogP contribution >= 0.6 is 0 Å². The molecule has 0 spiro atoms. The monoisotopic (exact) mass is 319 g/mol. The van der Waals surface area contributed by atoms with Gasteiger partial charge in [-0.2, -0.15) is 0 Å². The zero-order chi connectivity index (χ0) is 16.5. The van der Waals surface area contributed by atoms with Crippen molar-refractivity contribution in [2.75, 3.05) is 0 Å². The predicted octanol–water partition coefficient (Wildman–Crippen LogP) is 6.06. The van der Waals surface area contributed by atoms with Crippen molar-refractivity contribution in [1.29, 1.82) is 0 Å². The Balaban J connectivity index is 1.97. The molecule has 0 radical (unpaired) electrons. The first kappa shape index (κ1) is 13.3. The van der Waals surface area contributed by atoms with Crippen molar-refractivity contribution in [3.63, 3.8) is 0 Å². The number of hydrogen-bond donors (Lipinski definition) is 0. The number of fused-ring (bicyclic) bond motifs is 10. The highest BCUT2D eigenvalue weighted by molar-refractivity contribution is 6.24. The third-order valence-corrected chi connectivity index (χ3v) is 5.82. The van der Waals surface area contributed by atoms with E-state index in [0.717, 1.165) is 6.42 Å². The molecule has 1 heterocycles. The fraction of sp³-hybridized carbons (Fsp3) is 0.0833. The average molecular weight is 319 g/mol. The second-order valence-corrected chi connectivity index (χ2v) is 7.03. The quantitative estimate of drug-likeness (QED) is 0.321. The summed E-state index contributed by atoms with van der Waals surface area (Å²) in [5, 5.41) is 5.53. The second kappa shape index (κ2) is 4.52. The Morgan fingerprint density at radius 2 is 1.40 bits per heavy atom.